The Balaban J connectivity index is 1.86. The van der Waals surface area contributed by atoms with Crippen molar-refractivity contribution in [3.05, 3.63) is 74.3 Å². The molecule has 2 atom stereocenters. The van der Waals surface area contributed by atoms with Gasteiger partial charge >= 0.3 is 5.69 Å². The zero-order valence-corrected chi connectivity index (χ0v) is 18.1. The van der Waals surface area contributed by atoms with Gasteiger partial charge in [0.25, 0.3) is 5.69 Å². The minimum Gasteiger partial charge on any atom is -0.272 e. The standard InChI is InChI=1S/C23H28N4O4/c1-23(2,3)18-9-11-20(17(14-18)13-16-7-5-4-6-8-16)24-25-21-12-10-19(26(28)29)15-22(21)27(30)31/h4-8,10,12,15,17-18,25H,9,11,13-14H2,1-3H3/b24-20+. The van der Waals surface area contributed by atoms with Gasteiger partial charge in [0, 0.05) is 17.7 Å². The van der Waals surface area contributed by atoms with Gasteiger partial charge in [0.05, 0.1) is 15.9 Å². The van der Waals surface area contributed by atoms with Crippen LogP contribution in [-0.2, 0) is 6.42 Å². The summed E-state index contributed by atoms with van der Waals surface area (Å²) in [5.41, 5.74) is 4.71. The maximum Gasteiger partial charge on any atom is 0.301 e. The van der Waals surface area contributed by atoms with Crippen LogP contribution in [-0.4, -0.2) is 15.6 Å². The Bertz CT molecular complexity index is 983. The van der Waals surface area contributed by atoms with E-state index in [-0.39, 0.29) is 28.4 Å². The molecule has 1 aliphatic rings. The highest BCUT2D eigenvalue weighted by molar-refractivity contribution is 5.88. The minimum absolute atomic E-state index is 0.152. The van der Waals surface area contributed by atoms with E-state index in [1.807, 2.05) is 18.2 Å². The number of hydrogen-bond acceptors (Lipinski definition) is 6. The molecule has 0 aliphatic heterocycles. The highest BCUT2D eigenvalue weighted by Crippen LogP contribution is 2.40. The number of nitrogens with zero attached hydrogens (tertiary/aromatic N) is 3. The lowest BCUT2D eigenvalue weighted by atomic mass is 9.67. The maximum absolute atomic E-state index is 11.4. The number of hydrazone groups is 1. The molecule has 2 unspecified atom stereocenters. The first-order valence-corrected chi connectivity index (χ1v) is 10.4. The number of non-ortho nitro benzene ring substituents is 1. The van der Waals surface area contributed by atoms with Crippen LogP contribution in [0.3, 0.4) is 0 Å². The van der Waals surface area contributed by atoms with E-state index < -0.39 is 9.85 Å². The summed E-state index contributed by atoms with van der Waals surface area (Å²) in [6.07, 6.45) is 3.68. The molecule has 0 spiro atoms. The first-order valence-electron chi connectivity index (χ1n) is 10.4. The van der Waals surface area contributed by atoms with Crippen LogP contribution in [0, 0.1) is 37.5 Å². The van der Waals surface area contributed by atoms with Gasteiger partial charge in [-0.15, -0.1) is 0 Å². The van der Waals surface area contributed by atoms with E-state index >= 15 is 0 Å². The molecule has 8 heteroatoms. The van der Waals surface area contributed by atoms with Crippen molar-refractivity contribution < 1.29 is 9.85 Å². The molecule has 1 N–H and O–H groups in total. The molecule has 1 saturated carbocycles. The van der Waals surface area contributed by atoms with Crippen molar-refractivity contribution in [2.45, 2.75) is 46.5 Å². The van der Waals surface area contributed by atoms with Crippen LogP contribution in [0.25, 0.3) is 0 Å². The number of anilines is 1. The molecule has 2 aromatic rings. The summed E-state index contributed by atoms with van der Waals surface area (Å²) in [5, 5.41) is 26.9. The molecule has 0 radical (unpaired) electrons. The molecule has 31 heavy (non-hydrogen) atoms. The van der Waals surface area contributed by atoms with Gasteiger partial charge in [-0.1, -0.05) is 51.1 Å². The van der Waals surface area contributed by atoms with E-state index in [0.29, 0.717) is 5.92 Å². The van der Waals surface area contributed by atoms with Crippen LogP contribution < -0.4 is 5.43 Å². The van der Waals surface area contributed by atoms with Crippen molar-refractivity contribution >= 4 is 22.8 Å². The monoisotopic (exact) mass is 424 g/mol. The maximum atomic E-state index is 11.4. The number of benzene rings is 2. The van der Waals surface area contributed by atoms with Crippen LogP contribution in [0.1, 0.15) is 45.6 Å². The van der Waals surface area contributed by atoms with E-state index in [0.717, 1.165) is 37.5 Å². The summed E-state index contributed by atoms with van der Waals surface area (Å²) in [6.45, 7) is 6.79. The predicted octanol–water partition coefficient (Wildman–Crippen LogP) is 5.98. The molecular formula is C23H28N4O4. The second-order valence-corrected chi connectivity index (χ2v) is 9.15. The van der Waals surface area contributed by atoms with E-state index in [2.05, 4.69) is 43.4 Å². The summed E-state index contributed by atoms with van der Waals surface area (Å²) in [6, 6.07) is 13.8. The zero-order valence-electron chi connectivity index (χ0n) is 18.1. The number of nitro benzene ring substituents is 2. The molecule has 8 nitrogen and oxygen atoms in total. The molecule has 164 valence electrons. The van der Waals surface area contributed by atoms with Gasteiger partial charge < -0.3 is 0 Å². The van der Waals surface area contributed by atoms with Crippen LogP contribution >= 0.6 is 0 Å². The second kappa shape index (κ2) is 9.24. The zero-order chi connectivity index (χ0) is 22.6. The summed E-state index contributed by atoms with van der Waals surface area (Å²) in [7, 11) is 0. The first kappa shape index (κ1) is 22.4. The Morgan fingerprint density at radius 3 is 2.39 bits per heavy atom. The Kier molecular flexibility index (Phi) is 6.68. The lowest BCUT2D eigenvalue weighted by Gasteiger charge is -2.38. The number of hydrogen-bond donors (Lipinski definition) is 1. The average molecular weight is 425 g/mol. The van der Waals surface area contributed by atoms with Crippen molar-refractivity contribution in [1.29, 1.82) is 0 Å². The third-order valence-electron chi connectivity index (χ3n) is 6.05. The molecule has 0 bridgehead atoms. The van der Waals surface area contributed by atoms with Crippen LogP contribution in [0.2, 0.25) is 0 Å². The highest BCUT2D eigenvalue weighted by atomic mass is 16.6. The molecule has 0 saturated heterocycles. The van der Waals surface area contributed by atoms with E-state index in [4.69, 9.17) is 0 Å². The Morgan fingerprint density at radius 1 is 1.06 bits per heavy atom. The van der Waals surface area contributed by atoms with Crippen molar-refractivity contribution in [1.82, 2.24) is 0 Å². The lowest BCUT2D eigenvalue weighted by Crippen LogP contribution is -2.33. The van der Waals surface area contributed by atoms with Gasteiger partial charge in [-0.2, -0.15) is 5.10 Å². The fourth-order valence-electron chi connectivity index (χ4n) is 4.17. The summed E-state index contributed by atoms with van der Waals surface area (Å²) >= 11 is 0. The fraction of sp³-hybridized carbons (Fsp3) is 0.435. The molecule has 1 aliphatic carbocycles. The third kappa shape index (κ3) is 5.65. The third-order valence-corrected chi connectivity index (χ3v) is 6.05. The topological polar surface area (TPSA) is 111 Å². The fourth-order valence-corrected chi connectivity index (χ4v) is 4.17. The number of rotatable bonds is 6. The van der Waals surface area contributed by atoms with E-state index in [1.54, 1.807) is 0 Å². The van der Waals surface area contributed by atoms with Crippen molar-refractivity contribution in [2.24, 2.45) is 22.4 Å². The van der Waals surface area contributed by atoms with Gasteiger partial charge in [-0.05, 0) is 48.6 Å². The summed E-state index contributed by atoms with van der Waals surface area (Å²) in [4.78, 5) is 21.1. The molecule has 0 amide bonds. The Morgan fingerprint density at radius 2 is 1.77 bits per heavy atom. The van der Waals surface area contributed by atoms with Crippen molar-refractivity contribution in [3.8, 4) is 0 Å². The van der Waals surface area contributed by atoms with Crippen LogP contribution in [0.15, 0.2) is 53.6 Å². The summed E-state index contributed by atoms with van der Waals surface area (Å²) < 4.78 is 0. The highest BCUT2D eigenvalue weighted by Gasteiger charge is 2.34. The number of nitrogens with one attached hydrogen (secondary N) is 1. The van der Waals surface area contributed by atoms with Crippen LogP contribution in [0.4, 0.5) is 17.1 Å². The van der Waals surface area contributed by atoms with Gasteiger partial charge in [0.15, 0.2) is 0 Å². The van der Waals surface area contributed by atoms with E-state index in [9.17, 15) is 20.2 Å². The SMILES string of the molecule is CC(C)(C)C1CC/C(=N\Nc2ccc([N+](=O)[O-])cc2[N+](=O)[O-])C(Cc2ccccc2)C1. The lowest BCUT2D eigenvalue weighted by molar-refractivity contribution is -0.393. The van der Waals surface area contributed by atoms with Crippen molar-refractivity contribution in [2.75, 3.05) is 5.43 Å². The first-order chi connectivity index (χ1) is 14.6. The second-order valence-electron chi connectivity index (χ2n) is 9.15. The Labute approximate surface area is 181 Å². The normalized spacial score (nSPS) is 20.4. The minimum atomic E-state index is -0.646. The smallest absolute Gasteiger partial charge is 0.272 e. The molecular weight excluding hydrogens is 396 g/mol. The molecule has 0 aromatic heterocycles. The largest absolute Gasteiger partial charge is 0.301 e. The molecule has 0 heterocycles. The number of nitro groups is 2. The van der Waals surface area contributed by atoms with Gasteiger partial charge in [-0.3, -0.25) is 25.7 Å². The van der Waals surface area contributed by atoms with E-state index in [1.165, 1.54) is 17.7 Å². The summed E-state index contributed by atoms with van der Waals surface area (Å²) in [5.74, 6) is 0.791. The van der Waals surface area contributed by atoms with Crippen LogP contribution in [0.5, 0.6) is 0 Å². The Hall–Kier alpha value is -3.29. The average Bonchev–Trinajstić information content (AvgIpc) is 2.72. The molecule has 1 fully saturated rings. The molecule has 3 rings (SSSR count). The predicted molar refractivity (Wildman–Crippen MR) is 121 cm³/mol. The van der Waals surface area contributed by atoms with Gasteiger partial charge in [0.2, 0.25) is 0 Å². The van der Waals surface area contributed by atoms with Gasteiger partial charge in [-0.25, -0.2) is 0 Å². The van der Waals surface area contributed by atoms with Gasteiger partial charge in [0.1, 0.15) is 5.69 Å². The quantitative estimate of drug-likeness (QED) is 0.453. The van der Waals surface area contributed by atoms with Crippen molar-refractivity contribution in [3.63, 3.8) is 0 Å². The molecule has 2 aromatic carbocycles.